The van der Waals surface area contributed by atoms with Gasteiger partial charge in [0.25, 0.3) is 0 Å². The first-order valence-corrected chi connectivity index (χ1v) is 5.82. The number of H-pyrrole nitrogens is 1. The van der Waals surface area contributed by atoms with Gasteiger partial charge in [0.15, 0.2) is 0 Å². The molecule has 0 atom stereocenters. The Bertz CT molecular complexity index is 717. The molecule has 110 valence electrons. The van der Waals surface area contributed by atoms with Crippen molar-refractivity contribution in [2.45, 2.75) is 6.18 Å². The summed E-state index contributed by atoms with van der Waals surface area (Å²) in [4.78, 5) is 25.2. The van der Waals surface area contributed by atoms with Crippen LogP contribution in [-0.4, -0.2) is 18.1 Å². The number of rotatable bonds is 2. The molecule has 0 aliphatic carbocycles. The van der Waals surface area contributed by atoms with Crippen molar-refractivity contribution in [3.05, 3.63) is 58.0 Å². The van der Waals surface area contributed by atoms with Crippen LogP contribution in [0, 0.1) is 0 Å². The number of halogens is 3. The van der Waals surface area contributed by atoms with Crippen molar-refractivity contribution in [2.24, 2.45) is 0 Å². The molecule has 0 bridgehead atoms. The number of aromatic amines is 1. The Kier molecular flexibility index (Phi) is 3.84. The Balaban J connectivity index is 2.52. The number of carbonyl (C=O) groups is 1. The van der Waals surface area contributed by atoms with Gasteiger partial charge >= 0.3 is 12.1 Å². The molecule has 0 saturated heterocycles. The number of hydrogen-bond acceptors (Lipinski definition) is 3. The van der Waals surface area contributed by atoms with Crippen LogP contribution in [0.4, 0.5) is 13.2 Å². The lowest BCUT2D eigenvalue weighted by molar-refractivity contribution is -0.137. The van der Waals surface area contributed by atoms with E-state index in [0.717, 1.165) is 19.2 Å². The van der Waals surface area contributed by atoms with Crippen LogP contribution in [0.5, 0.6) is 0 Å². The zero-order valence-electron chi connectivity index (χ0n) is 10.8. The third-order valence-electron chi connectivity index (χ3n) is 2.83. The van der Waals surface area contributed by atoms with E-state index < -0.39 is 23.3 Å². The smallest absolute Gasteiger partial charge is 0.416 e. The second kappa shape index (κ2) is 5.43. The molecule has 1 heterocycles. The highest BCUT2D eigenvalue weighted by Crippen LogP contribution is 2.31. The average Bonchev–Trinajstić information content (AvgIpc) is 2.45. The third kappa shape index (κ3) is 3.13. The van der Waals surface area contributed by atoms with Crippen LogP contribution in [0.1, 0.15) is 16.1 Å². The monoisotopic (exact) mass is 297 g/mol. The molecule has 1 aromatic carbocycles. The van der Waals surface area contributed by atoms with Crippen molar-refractivity contribution < 1.29 is 22.7 Å². The molecule has 0 unspecified atom stereocenters. The van der Waals surface area contributed by atoms with Crippen LogP contribution in [-0.2, 0) is 10.9 Å². The molecule has 7 heteroatoms. The molecular formula is C14H10F3NO3. The Hall–Kier alpha value is -2.57. The molecule has 0 aliphatic rings. The molecule has 2 rings (SSSR count). The fourth-order valence-corrected chi connectivity index (χ4v) is 1.82. The number of alkyl halides is 3. The Labute approximate surface area is 117 Å². The van der Waals surface area contributed by atoms with Gasteiger partial charge in [0.1, 0.15) is 5.69 Å². The lowest BCUT2D eigenvalue weighted by atomic mass is 10.0. The molecule has 2 aromatic rings. The summed E-state index contributed by atoms with van der Waals surface area (Å²) in [6, 6.07) is 6.79. The number of esters is 1. The number of aromatic nitrogens is 1. The number of pyridine rings is 1. The second-order valence-electron chi connectivity index (χ2n) is 4.18. The van der Waals surface area contributed by atoms with Crippen LogP contribution in [0.15, 0.2) is 41.2 Å². The van der Waals surface area contributed by atoms with E-state index in [9.17, 15) is 22.8 Å². The number of ether oxygens (including phenoxy) is 1. The number of carbonyl (C=O) groups excluding carboxylic acids is 1. The highest BCUT2D eigenvalue weighted by Gasteiger charge is 2.30. The summed E-state index contributed by atoms with van der Waals surface area (Å²) < 4.78 is 42.1. The van der Waals surface area contributed by atoms with Gasteiger partial charge in [0.2, 0.25) is 5.56 Å². The quantitative estimate of drug-likeness (QED) is 0.867. The van der Waals surface area contributed by atoms with Gasteiger partial charge < -0.3 is 9.72 Å². The van der Waals surface area contributed by atoms with Gasteiger partial charge in [0, 0.05) is 11.6 Å². The molecule has 4 nitrogen and oxygen atoms in total. The molecule has 0 radical (unpaired) electrons. The fraction of sp³-hybridized carbons (Fsp3) is 0.143. The summed E-state index contributed by atoms with van der Waals surface area (Å²) in [5.41, 5.74) is -0.763. The molecule has 1 N–H and O–H groups in total. The van der Waals surface area contributed by atoms with Gasteiger partial charge in [-0.25, -0.2) is 4.79 Å². The zero-order chi connectivity index (χ0) is 15.6. The van der Waals surface area contributed by atoms with Crippen molar-refractivity contribution in [3.8, 4) is 11.1 Å². The van der Waals surface area contributed by atoms with E-state index in [0.29, 0.717) is 5.56 Å². The van der Waals surface area contributed by atoms with Crippen molar-refractivity contribution in [1.29, 1.82) is 0 Å². The molecule has 0 amide bonds. The maximum absolute atomic E-state index is 12.5. The predicted octanol–water partition coefficient (Wildman–Crippen LogP) is 2.85. The fourth-order valence-electron chi connectivity index (χ4n) is 1.82. The second-order valence-corrected chi connectivity index (χ2v) is 4.18. The molecule has 0 spiro atoms. The first-order chi connectivity index (χ1) is 9.82. The number of nitrogens with one attached hydrogen (secondary N) is 1. The first kappa shape index (κ1) is 14.8. The molecule has 0 aliphatic heterocycles. The Morgan fingerprint density at radius 1 is 1.10 bits per heavy atom. The summed E-state index contributed by atoms with van der Waals surface area (Å²) in [5.74, 6) is -0.775. The average molecular weight is 297 g/mol. The molecule has 0 fully saturated rings. The summed E-state index contributed by atoms with van der Waals surface area (Å²) in [5, 5.41) is 0. The van der Waals surface area contributed by atoms with Crippen molar-refractivity contribution in [2.75, 3.05) is 7.11 Å². The van der Waals surface area contributed by atoms with E-state index in [1.807, 2.05) is 0 Å². The van der Waals surface area contributed by atoms with Crippen LogP contribution in [0.25, 0.3) is 11.1 Å². The van der Waals surface area contributed by atoms with Crippen molar-refractivity contribution in [1.82, 2.24) is 4.98 Å². The van der Waals surface area contributed by atoms with E-state index >= 15 is 0 Å². The van der Waals surface area contributed by atoms with Crippen LogP contribution in [0.2, 0.25) is 0 Å². The predicted molar refractivity (Wildman–Crippen MR) is 68.8 cm³/mol. The highest BCUT2D eigenvalue weighted by molar-refractivity contribution is 5.95. The van der Waals surface area contributed by atoms with Crippen molar-refractivity contribution >= 4 is 5.97 Å². The minimum absolute atomic E-state index is 0.107. The molecule has 21 heavy (non-hydrogen) atoms. The zero-order valence-corrected chi connectivity index (χ0v) is 10.8. The van der Waals surface area contributed by atoms with E-state index in [1.165, 1.54) is 24.3 Å². The Morgan fingerprint density at radius 3 is 2.24 bits per heavy atom. The van der Waals surface area contributed by atoms with Crippen LogP contribution in [0.3, 0.4) is 0 Å². The number of methoxy groups -OCH3 is 1. The summed E-state index contributed by atoms with van der Waals surface area (Å²) in [7, 11) is 1.14. The third-order valence-corrected chi connectivity index (χ3v) is 2.83. The maximum Gasteiger partial charge on any atom is 0.416 e. The normalized spacial score (nSPS) is 11.2. The van der Waals surface area contributed by atoms with Gasteiger partial charge in [-0.15, -0.1) is 0 Å². The highest BCUT2D eigenvalue weighted by atomic mass is 19.4. The maximum atomic E-state index is 12.5. The van der Waals surface area contributed by atoms with E-state index in [-0.39, 0.29) is 11.3 Å². The SMILES string of the molecule is COC(=O)c1[nH]c(=O)ccc1-c1ccc(C(F)(F)F)cc1. The van der Waals surface area contributed by atoms with Gasteiger partial charge in [0.05, 0.1) is 12.7 Å². The minimum Gasteiger partial charge on any atom is -0.464 e. The Morgan fingerprint density at radius 2 is 1.71 bits per heavy atom. The summed E-state index contributed by atoms with van der Waals surface area (Å²) in [6.45, 7) is 0. The molecule has 1 aromatic heterocycles. The lowest BCUT2D eigenvalue weighted by Crippen LogP contribution is -2.14. The van der Waals surface area contributed by atoms with E-state index in [1.54, 1.807) is 0 Å². The topological polar surface area (TPSA) is 59.2 Å². The first-order valence-electron chi connectivity index (χ1n) is 5.82. The summed E-state index contributed by atoms with van der Waals surface area (Å²) in [6.07, 6.45) is -4.44. The number of hydrogen-bond donors (Lipinski definition) is 1. The number of benzene rings is 1. The lowest BCUT2D eigenvalue weighted by Gasteiger charge is -2.10. The van der Waals surface area contributed by atoms with Crippen LogP contribution >= 0.6 is 0 Å². The molecule has 0 saturated carbocycles. The molecular weight excluding hydrogens is 287 g/mol. The largest absolute Gasteiger partial charge is 0.464 e. The van der Waals surface area contributed by atoms with Crippen molar-refractivity contribution in [3.63, 3.8) is 0 Å². The van der Waals surface area contributed by atoms with Gasteiger partial charge in [-0.3, -0.25) is 4.79 Å². The van der Waals surface area contributed by atoms with Gasteiger partial charge in [-0.1, -0.05) is 12.1 Å². The minimum atomic E-state index is -4.44. The summed E-state index contributed by atoms with van der Waals surface area (Å²) >= 11 is 0. The van der Waals surface area contributed by atoms with Gasteiger partial charge in [-0.2, -0.15) is 13.2 Å². The van der Waals surface area contributed by atoms with E-state index in [2.05, 4.69) is 9.72 Å². The van der Waals surface area contributed by atoms with Gasteiger partial charge in [-0.05, 0) is 23.8 Å². The standard InChI is InChI=1S/C14H10F3NO3/c1-21-13(20)12-10(6-7-11(19)18-12)8-2-4-9(5-3-8)14(15,16)17/h2-7H,1H3,(H,18,19). The van der Waals surface area contributed by atoms with E-state index in [4.69, 9.17) is 0 Å². The van der Waals surface area contributed by atoms with Crippen LogP contribution < -0.4 is 5.56 Å².